The fraction of sp³-hybridized carbons (Fsp3) is 0.923. The highest BCUT2D eigenvalue weighted by atomic mass is 32.1. The van der Waals surface area contributed by atoms with Crippen LogP contribution in [0.3, 0.4) is 0 Å². The van der Waals surface area contributed by atoms with Gasteiger partial charge in [-0.3, -0.25) is 0 Å². The first kappa shape index (κ1) is 13.1. The van der Waals surface area contributed by atoms with Crippen molar-refractivity contribution in [2.75, 3.05) is 33.2 Å². The number of hydrogen-bond donors (Lipinski definition) is 1. The smallest absolute Gasteiger partial charge is 0.168 e. The van der Waals surface area contributed by atoms with Crippen molar-refractivity contribution in [2.24, 2.45) is 0 Å². The molecule has 1 atom stereocenters. The first-order valence-electron chi connectivity index (χ1n) is 7.02. The van der Waals surface area contributed by atoms with Gasteiger partial charge in [0, 0.05) is 26.2 Å². The van der Waals surface area contributed by atoms with Gasteiger partial charge in [-0.25, -0.2) is 0 Å². The quantitative estimate of drug-likeness (QED) is 0.775. The lowest BCUT2D eigenvalue weighted by atomic mass is 9.99. The fourth-order valence-corrected chi connectivity index (χ4v) is 3.29. The van der Waals surface area contributed by atoms with E-state index in [1.54, 1.807) is 0 Å². The van der Waals surface area contributed by atoms with E-state index in [0.29, 0.717) is 6.04 Å². The summed E-state index contributed by atoms with van der Waals surface area (Å²) in [7, 11) is 1.94. The van der Waals surface area contributed by atoms with Gasteiger partial charge in [-0.1, -0.05) is 0 Å². The SMILES string of the molecule is CNC(=S)N1CCCC[C@@H]1CCN1CCCC1. The highest BCUT2D eigenvalue weighted by Gasteiger charge is 2.24. The van der Waals surface area contributed by atoms with Crippen LogP contribution < -0.4 is 5.32 Å². The van der Waals surface area contributed by atoms with Crippen molar-refractivity contribution in [1.29, 1.82) is 0 Å². The molecular formula is C13H25N3S. The van der Waals surface area contributed by atoms with Crippen LogP contribution in [-0.4, -0.2) is 54.2 Å². The Morgan fingerprint density at radius 1 is 1.18 bits per heavy atom. The van der Waals surface area contributed by atoms with E-state index in [2.05, 4.69) is 15.1 Å². The zero-order chi connectivity index (χ0) is 12.1. The fourth-order valence-electron chi connectivity index (χ4n) is 3.05. The summed E-state index contributed by atoms with van der Waals surface area (Å²) in [5, 5.41) is 4.08. The molecule has 0 bridgehead atoms. The highest BCUT2D eigenvalue weighted by molar-refractivity contribution is 7.80. The number of thiocarbonyl (C=S) groups is 1. The first-order valence-corrected chi connectivity index (χ1v) is 7.43. The van der Waals surface area contributed by atoms with Gasteiger partial charge in [0.1, 0.15) is 0 Å². The number of nitrogens with one attached hydrogen (secondary N) is 1. The van der Waals surface area contributed by atoms with Crippen LogP contribution >= 0.6 is 12.2 Å². The topological polar surface area (TPSA) is 18.5 Å². The maximum absolute atomic E-state index is 5.40. The van der Waals surface area contributed by atoms with E-state index >= 15 is 0 Å². The molecule has 2 fully saturated rings. The summed E-state index contributed by atoms with van der Waals surface area (Å²) in [5.41, 5.74) is 0. The molecule has 0 aliphatic carbocycles. The minimum atomic E-state index is 0.671. The highest BCUT2D eigenvalue weighted by Crippen LogP contribution is 2.21. The number of likely N-dealkylation sites (tertiary alicyclic amines) is 2. The van der Waals surface area contributed by atoms with Gasteiger partial charge in [0.05, 0.1) is 0 Å². The van der Waals surface area contributed by atoms with E-state index in [0.717, 1.165) is 11.7 Å². The number of nitrogens with zero attached hydrogens (tertiary/aromatic N) is 2. The van der Waals surface area contributed by atoms with Gasteiger partial charge >= 0.3 is 0 Å². The summed E-state index contributed by atoms with van der Waals surface area (Å²) in [6, 6.07) is 0.671. The summed E-state index contributed by atoms with van der Waals surface area (Å²) in [4.78, 5) is 5.02. The molecule has 2 rings (SSSR count). The normalized spacial score (nSPS) is 26.2. The average Bonchev–Trinajstić information content (AvgIpc) is 2.89. The molecule has 0 unspecified atom stereocenters. The summed E-state index contributed by atoms with van der Waals surface area (Å²) < 4.78 is 0. The second-order valence-electron chi connectivity index (χ2n) is 5.24. The Morgan fingerprint density at radius 3 is 2.59 bits per heavy atom. The molecule has 0 aromatic rings. The van der Waals surface area contributed by atoms with E-state index in [4.69, 9.17) is 12.2 Å². The van der Waals surface area contributed by atoms with Crippen molar-refractivity contribution in [3.05, 3.63) is 0 Å². The molecule has 2 heterocycles. The number of hydrogen-bond acceptors (Lipinski definition) is 2. The Labute approximate surface area is 111 Å². The third kappa shape index (κ3) is 3.55. The molecule has 2 aliphatic heterocycles. The van der Waals surface area contributed by atoms with Crippen LogP contribution in [0, 0.1) is 0 Å². The minimum Gasteiger partial charge on any atom is -0.366 e. The van der Waals surface area contributed by atoms with Crippen LogP contribution in [0.25, 0.3) is 0 Å². The summed E-state index contributed by atoms with van der Waals surface area (Å²) in [6.45, 7) is 5.02. The second-order valence-corrected chi connectivity index (χ2v) is 5.62. The van der Waals surface area contributed by atoms with Gasteiger partial charge in [0.2, 0.25) is 0 Å². The van der Waals surface area contributed by atoms with Gasteiger partial charge in [0.25, 0.3) is 0 Å². The summed E-state index contributed by atoms with van der Waals surface area (Å²) in [6.07, 6.45) is 8.04. The van der Waals surface area contributed by atoms with Crippen LogP contribution in [0.4, 0.5) is 0 Å². The predicted molar refractivity (Wildman–Crippen MR) is 76.3 cm³/mol. The average molecular weight is 255 g/mol. The van der Waals surface area contributed by atoms with E-state index in [1.165, 1.54) is 58.2 Å². The maximum Gasteiger partial charge on any atom is 0.168 e. The molecule has 3 nitrogen and oxygen atoms in total. The van der Waals surface area contributed by atoms with Crippen molar-refractivity contribution in [2.45, 2.75) is 44.6 Å². The van der Waals surface area contributed by atoms with Crippen molar-refractivity contribution < 1.29 is 0 Å². The Kier molecular flexibility index (Phi) is 5.04. The summed E-state index contributed by atoms with van der Waals surface area (Å²) >= 11 is 5.40. The van der Waals surface area contributed by atoms with Crippen LogP contribution in [0.1, 0.15) is 38.5 Å². The zero-order valence-electron chi connectivity index (χ0n) is 11.0. The lowest BCUT2D eigenvalue weighted by Gasteiger charge is -2.38. The minimum absolute atomic E-state index is 0.671. The Balaban J connectivity index is 1.80. The van der Waals surface area contributed by atoms with Gasteiger partial charge < -0.3 is 15.1 Å². The molecule has 0 aromatic heterocycles. The molecule has 2 aliphatic rings. The predicted octanol–water partition coefficient (Wildman–Crippen LogP) is 1.83. The maximum atomic E-state index is 5.40. The van der Waals surface area contributed by atoms with Gasteiger partial charge in [0.15, 0.2) is 5.11 Å². The second kappa shape index (κ2) is 6.55. The van der Waals surface area contributed by atoms with E-state index in [9.17, 15) is 0 Å². The van der Waals surface area contributed by atoms with Crippen molar-refractivity contribution in [1.82, 2.24) is 15.1 Å². The molecular weight excluding hydrogens is 230 g/mol. The number of piperidine rings is 1. The van der Waals surface area contributed by atoms with Gasteiger partial charge in [-0.2, -0.15) is 0 Å². The Morgan fingerprint density at radius 2 is 1.88 bits per heavy atom. The van der Waals surface area contributed by atoms with Gasteiger partial charge in [-0.15, -0.1) is 0 Å². The molecule has 17 heavy (non-hydrogen) atoms. The molecule has 1 N–H and O–H groups in total. The van der Waals surface area contributed by atoms with Crippen LogP contribution in [-0.2, 0) is 0 Å². The zero-order valence-corrected chi connectivity index (χ0v) is 11.8. The van der Waals surface area contributed by atoms with Gasteiger partial charge in [-0.05, 0) is 63.8 Å². The molecule has 4 heteroatoms. The number of rotatable bonds is 3. The Hall–Kier alpha value is -0.350. The van der Waals surface area contributed by atoms with Crippen LogP contribution in [0.5, 0.6) is 0 Å². The third-order valence-electron chi connectivity index (χ3n) is 4.08. The third-order valence-corrected chi connectivity index (χ3v) is 4.52. The van der Waals surface area contributed by atoms with Crippen molar-refractivity contribution in [3.8, 4) is 0 Å². The monoisotopic (exact) mass is 255 g/mol. The van der Waals surface area contributed by atoms with Crippen molar-refractivity contribution >= 4 is 17.3 Å². The lowest BCUT2D eigenvalue weighted by Crippen LogP contribution is -2.48. The van der Waals surface area contributed by atoms with Crippen molar-refractivity contribution in [3.63, 3.8) is 0 Å². The van der Waals surface area contributed by atoms with Crippen LogP contribution in [0.2, 0.25) is 0 Å². The molecule has 0 amide bonds. The van der Waals surface area contributed by atoms with E-state index in [-0.39, 0.29) is 0 Å². The standard InChI is InChI=1S/C13H25N3S/c1-14-13(17)16-10-3-2-6-12(16)7-11-15-8-4-5-9-15/h12H,2-11H2,1H3,(H,14,17)/t12-/m1/s1. The molecule has 98 valence electrons. The largest absolute Gasteiger partial charge is 0.366 e. The van der Waals surface area contributed by atoms with Crippen LogP contribution in [0.15, 0.2) is 0 Å². The first-order chi connectivity index (χ1) is 8.31. The van der Waals surface area contributed by atoms with E-state index < -0.39 is 0 Å². The molecule has 0 aromatic carbocycles. The molecule has 0 saturated carbocycles. The Bertz CT molecular complexity index is 251. The molecule has 0 spiro atoms. The summed E-state index contributed by atoms with van der Waals surface area (Å²) in [5.74, 6) is 0. The molecule has 2 saturated heterocycles. The lowest BCUT2D eigenvalue weighted by molar-refractivity contribution is 0.203. The molecule has 0 radical (unpaired) electrons. The van der Waals surface area contributed by atoms with E-state index in [1.807, 2.05) is 7.05 Å².